The van der Waals surface area contributed by atoms with Crippen molar-refractivity contribution in [2.75, 3.05) is 12.8 Å². The number of aromatic nitrogens is 3. The molecule has 0 spiro atoms. The number of nitrogens with zero attached hydrogens (tertiary/aromatic N) is 2. The number of hydrogen-bond donors (Lipinski definition) is 2. The number of rotatable bonds is 2. The van der Waals surface area contributed by atoms with Gasteiger partial charge in [-0.05, 0) is 18.2 Å². The van der Waals surface area contributed by atoms with Crippen LogP contribution in [0.2, 0.25) is 0 Å². The molecule has 2 aromatic heterocycles. The zero-order valence-electron chi connectivity index (χ0n) is 9.84. The van der Waals surface area contributed by atoms with E-state index >= 15 is 0 Å². The Balaban J connectivity index is 2.14. The summed E-state index contributed by atoms with van der Waals surface area (Å²) in [5.41, 5.74) is 9.24. The summed E-state index contributed by atoms with van der Waals surface area (Å²) in [5.74, 6) is 1.46. The quantitative estimate of drug-likeness (QED) is 0.673. The highest BCUT2D eigenvalue weighted by atomic mass is 16.5. The number of nitrogen functional groups attached to an aromatic ring is 1. The molecular weight excluding hydrogens is 228 g/mol. The highest BCUT2D eigenvalue weighted by molar-refractivity contribution is 5.82. The number of aromatic amines is 1. The SMILES string of the molecule is COc1ccc(-c2nc3ccncc3[nH]2)c(N)c1. The van der Waals surface area contributed by atoms with Crippen LogP contribution in [0.25, 0.3) is 22.4 Å². The van der Waals surface area contributed by atoms with E-state index in [1.54, 1.807) is 25.6 Å². The molecule has 3 aromatic rings. The van der Waals surface area contributed by atoms with E-state index in [0.29, 0.717) is 5.69 Å². The van der Waals surface area contributed by atoms with Gasteiger partial charge in [0.05, 0.1) is 24.3 Å². The third-order valence-electron chi connectivity index (χ3n) is 2.80. The van der Waals surface area contributed by atoms with E-state index in [1.807, 2.05) is 18.2 Å². The normalized spacial score (nSPS) is 10.7. The second kappa shape index (κ2) is 4.03. The summed E-state index contributed by atoms with van der Waals surface area (Å²) in [6.07, 6.45) is 3.45. The molecule has 0 aliphatic rings. The number of anilines is 1. The predicted molar refractivity (Wildman–Crippen MR) is 70.3 cm³/mol. The van der Waals surface area contributed by atoms with Crippen molar-refractivity contribution < 1.29 is 4.74 Å². The van der Waals surface area contributed by atoms with E-state index in [9.17, 15) is 0 Å². The van der Waals surface area contributed by atoms with Crippen LogP contribution in [-0.2, 0) is 0 Å². The molecule has 3 rings (SSSR count). The fourth-order valence-electron chi connectivity index (χ4n) is 1.87. The number of fused-ring (bicyclic) bond motifs is 1. The summed E-state index contributed by atoms with van der Waals surface area (Å²) in [6.45, 7) is 0. The summed E-state index contributed by atoms with van der Waals surface area (Å²) in [7, 11) is 1.61. The Morgan fingerprint density at radius 3 is 2.89 bits per heavy atom. The van der Waals surface area contributed by atoms with Crippen molar-refractivity contribution in [3.8, 4) is 17.1 Å². The topological polar surface area (TPSA) is 76.8 Å². The maximum atomic E-state index is 6.00. The van der Waals surface area contributed by atoms with Crippen LogP contribution in [0.5, 0.6) is 5.75 Å². The Bertz CT molecular complexity index is 672. The number of pyridine rings is 1. The molecule has 5 heteroatoms. The average Bonchev–Trinajstić information content (AvgIpc) is 2.81. The first kappa shape index (κ1) is 10.6. The van der Waals surface area contributed by atoms with Crippen molar-refractivity contribution in [1.29, 1.82) is 0 Å². The molecule has 0 unspecified atom stereocenters. The van der Waals surface area contributed by atoms with E-state index in [1.165, 1.54) is 0 Å². The Morgan fingerprint density at radius 1 is 1.28 bits per heavy atom. The van der Waals surface area contributed by atoms with Gasteiger partial charge in [-0.2, -0.15) is 0 Å². The summed E-state index contributed by atoms with van der Waals surface area (Å²) >= 11 is 0. The third-order valence-corrected chi connectivity index (χ3v) is 2.80. The van der Waals surface area contributed by atoms with Crippen molar-refractivity contribution in [3.63, 3.8) is 0 Å². The Morgan fingerprint density at radius 2 is 2.17 bits per heavy atom. The number of benzene rings is 1. The number of H-pyrrole nitrogens is 1. The lowest BCUT2D eigenvalue weighted by Gasteiger charge is -2.05. The lowest BCUT2D eigenvalue weighted by atomic mass is 10.1. The third kappa shape index (κ3) is 1.66. The van der Waals surface area contributed by atoms with Crippen LogP contribution in [-0.4, -0.2) is 22.1 Å². The van der Waals surface area contributed by atoms with Crippen LogP contribution in [0.1, 0.15) is 0 Å². The summed E-state index contributed by atoms with van der Waals surface area (Å²) in [4.78, 5) is 11.7. The van der Waals surface area contributed by atoms with Crippen LogP contribution in [0, 0.1) is 0 Å². The molecule has 3 N–H and O–H groups in total. The zero-order valence-corrected chi connectivity index (χ0v) is 9.84. The molecule has 0 saturated carbocycles. The molecule has 0 aliphatic heterocycles. The lowest BCUT2D eigenvalue weighted by molar-refractivity contribution is 0.415. The zero-order chi connectivity index (χ0) is 12.5. The standard InChI is InChI=1S/C13H12N4O/c1-18-8-2-3-9(10(14)6-8)13-16-11-4-5-15-7-12(11)17-13/h2-7H,14H2,1H3,(H,16,17). The van der Waals surface area contributed by atoms with E-state index in [-0.39, 0.29) is 0 Å². The van der Waals surface area contributed by atoms with E-state index in [4.69, 9.17) is 10.5 Å². The van der Waals surface area contributed by atoms with Crippen molar-refractivity contribution in [3.05, 3.63) is 36.7 Å². The molecule has 2 heterocycles. The van der Waals surface area contributed by atoms with Crippen molar-refractivity contribution in [2.24, 2.45) is 0 Å². The molecule has 0 bridgehead atoms. The first-order valence-corrected chi connectivity index (χ1v) is 5.51. The molecule has 0 atom stereocenters. The largest absolute Gasteiger partial charge is 0.497 e. The number of imidazole rings is 1. The summed E-state index contributed by atoms with van der Waals surface area (Å²) < 4.78 is 5.12. The molecule has 5 nitrogen and oxygen atoms in total. The van der Waals surface area contributed by atoms with Crippen molar-refractivity contribution >= 4 is 16.7 Å². The lowest BCUT2D eigenvalue weighted by Crippen LogP contribution is -1.93. The van der Waals surface area contributed by atoms with Gasteiger partial charge in [-0.25, -0.2) is 4.98 Å². The molecule has 18 heavy (non-hydrogen) atoms. The molecule has 0 aliphatic carbocycles. The van der Waals surface area contributed by atoms with Gasteiger partial charge in [0.15, 0.2) is 0 Å². The average molecular weight is 240 g/mol. The minimum absolute atomic E-state index is 0.626. The number of hydrogen-bond acceptors (Lipinski definition) is 4. The highest BCUT2D eigenvalue weighted by Gasteiger charge is 2.09. The second-order valence-corrected chi connectivity index (χ2v) is 3.93. The monoisotopic (exact) mass is 240 g/mol. The van der Waals surface area contributed by atoms with Crippen molar-refractivity contribution in [1.82, 2.24) is 15.0 Å². The van der Waals surface area contributed by atoms with Gasteiger partial charge >= 0.3 is 0 Å². The molecule has 1 aromatic carbocycles. The molecule has 90 valence electrons. The minimum Gasteiger partial charge on any atom is -0.497 e. The van der Waals surface area contributed by atoms with Gasteiger partial charge in [0.25, 0.3) is 0 Å². The second-order valence-electron chi connectivity index (χ2n) is 3.93. The highest BCUT2D eigenvalue weighted by Crippen LogP contribution is 2.28. The minimum atomic E-state index is 0.626. The van der Waals surface area contributed by atoms with Crippen LogP contribution in [0.3, 0.4) is 0 Å². The van der Waals surface area contributed by atoms with Gasteiger partial charge in [-0.1, -0.05) is 0 Å². The van der Waals surface area contributed by atoms with Gasteiger partial charge in [0.1, 0.15) is 11.6 Å². The predicted octanol–water partition coefficient (Wildman–Crippen LogP) is 2.22. The first-order valence-electron chi connectivity index (χ1n) is 5.51. The Labute approximate surface area is 104 Å². The summed E-state index contributed by atoms with van der Waals surface area (Å²) in [6, 6.07) is 7.38. The molecule has 0 saturated heterocycles. The Hall–Kier alpha value is -2.56. The summed E-state index contributed by atoms with van der Waals surface area (Å²) in [5, 5.41) is 0. The molecule has 0 fully saturated rings. The van der Waals surface area contributed by atoms with Gasteiger partial charge < -0.3 is 15.5 Å². The Kier molecular flexibility index (Phi) is 2.37. The molecule has 0 radical (unpaired) electrons. The first-order chi connectivity index (χ1) is 8.78. The van der Waals surface area contributed by atoms with Crippen molar-refractivity contribution in [2.45, 2.75) is 0 Å². The smallest absolute Gasteiger partial charge is 0.140 e. The van der Waals surface area contributed by atoms with Crippen LogP contribution in [0.15, 0.2) is 36.7 Å². The van der Waals surface area contributed by atoms with Gasteiger partial charge in [0, 0.05) is 23.5 Å². The molecular formula is C13H12N4O. The van der Waals surface area contributed by atoms with Gasteiger partial charge in [-0.3, -0.25) is 4.98 Å². The number of nitrogens with two attached hydrogens (primary N) is 1. The molecule has 0 amide bonds. The van der Waals surface area contributed by atoms with Crippen LogP contribution >= 0.6 is 0 Å². The van der Waals surface area contributed by atoms with Gasteiger partial charge in [-0.15, -0.1) is 0 Å². The number of ether oxygens (including phenoxy) is 1. The van der Waals surface area contributed by atoms with E-state index in [0.717, 1.165) is 28.2 Å². The van der Waals surface area contributed by atoms with E-state index in [2.05, 4.69) is 15.0 Å². The fraction of sp³-hybridized carbons (Fsp3) is 0.0769. The van der Waals surface area contributed by atoms with Crippen LogP contribution < -0.4 is 10.5 Å². The fourth-order valence-corrected chi connectivity index (χ4v) is 1.87. The van der Waals surface area contributed by atoms with E-state index < -0.39 is 0 Å². The number of nitrogens with one attached hydrogen (secondary N) is 1. The van der Waals surface area contributed by atoms with Crippen LogP contribution in [0.4, 0.5) is 5.69 Å². The number of methoxy groups -OCH3 is 1. The maximum Gasteiger partial charge on any atom is 0.140 e. The van der Waals surface area contributed by atoms with Gasteiger partial charge in [0.2, 0.25) is 0 Å². The maximum absolute atomic E-state index is 6.00.